The Hall–Kier alpha value is -1.84. The molecular weight excluding hydrogens is 252 g/mol. The van der Waals surface area contributed by atoms with E-state index in [9.17, 15) is 9.59 Å². The van der Waals surface area contributed by atoms with Crippen molar-refractivity contribution in [1.29, 1.82) is 0 Å². The summed E-state index contributed by atoms with van der Waals surface area (Å²) < 4.78 is 0. The molecule has 1 aliphatic carbocycles. The van der Waals surface area contributed by atoms with Crippen LogP contribution in [0.15, 0.2) is 12.1 Å². The van der Waals surface area contributed by atoms with Crippen molar-refractivity contribution in [3.8, 4) is 0 Å². The van der Waals surface area contributed by atoms with Gasteiger partial charge in [-0.3, -0.25) is 9.59 Å². The first kappa shape index (κ1) is 14.6. The molecule has 108 valence electrons. The van der Waals surface area contributed by atoms with Crippen LogP contribution in [0.25, 0.3) is 0 Å². The molecule has 1 aliphatic rings. The molecule has 2 amide bonds. The summed E-state index contributed by atoms with van der Waals surface area (Å²) in [6.45, 7) is 6.03. The Morgan fingerprint density at radius 2 is 1.75 bits per heavy atom. The van der Waals surface area contributed by atoms with Crippen LogP contribution in [0.4, 0.5) is 5.69 Å². The highest BCUT2D eigenvalue weighted by Crippen LogP contribution is 2.26. The number of benzene rings is 1. The normalized spacial score (nSPS) is 14.6. The highest BCUT2D eigenvalue weighted by Gasteiger charge is 2.25. The van der Waals surface area contributed by atoms with Crippen molar-refractivity contribution in [1.82, 2.24) is 5.32 Å². The SMILES string of the molecule is Cc1cc(C)c(NC(=O)CNC(=O)C2CCC2)c(C)c1. The zero-order valence-corrected chi connectivity index (χ0v) is 12.4. The average molecular weight is 274 g/mol. The molecule has 1 aromatic carbocycles. The van der Waals surface area contributed by atoms with Crippen molar-refractivity contribution in [3.05, 3.63) is 28.8 Å². The van der Waals surface area contributed by atoms with Crippen LogP contribution in [-0.4, -0.2) is 18.4 Å². The van der Waals surface area contributed by atoms with Gasteiger partial charge in [0.15, 0.2) is 0 Å². The minimum absolute atomic E-state index is 0.00347. The van der Waals surface area contributed by atoms with Crippen LogP contribution in [0.2, 0.25) is 0 Å². The van der Waals surface area contributed by atoms with E-state index in [1.807, 2.05) is 32.9 Å². The molecule has 4 nitrogen and oxygen atoms in total. The van der Waals surface area contributed by atoms with Crippen molar-refractivity contribution < 1.29 is 9.59 Å². The smallest absolute Gasteiger partial charge is 0.243 e. The molecule has 1 saturated carbocycles. The molecule has 2 rings (SSSR count). The number of anilines is 1. The lowest BCUT2D eigenvalue weighted by Gasteiger charge is -2.23. The molecule has 0 spiro atoms. The summed E-state index contributed by atoms with van der Waals surface area (Å²) in [5.74, 6) is -0.0536. The van der Waals surface area contributed by atoms with Crippen LogP contribution in [0.1, 0.15) is 36.0 Å². The zero-order valence-electron chi connectivity index (χ0n) is 12.4. The maximum atomic E-state index is 11.9. The van der Waals surface area contributed by atoms with Crippen molar-refractivity contribution >= 4 is 17.5 Å². The van der Waals surface area contributed by atoms with E-state index in [0.717, 1.165) is 36.1 Å². The standard InChI is InChI=1S/C16H22N2O2/c1-10-7-11(2)15(12(3)8-10)18-14(19)9-17-16(20)13-5-4-6-13/h7-8,13H,4-6,9H2,1-3H3,(H,17,20)(H,18,19). The van der Waals surface area contributed by atoms with Crippen molar-refractivity contribution in [2.45, 2.75) is 40.0 Å². The third-order valence-electron chi connectivity index (χ3n) is 3.84. The Morgan fingerprint density at radius 3 is 2.25 bits per heavy atom. The van der Waals surface area contributed by atoms with E-state index in [4.69, 9.17) is 0 Å². The van der Waals surface area contributed by atoms with Crippen LogP contribution in [0.3, 0.4) is 0 Å². The predicted octanol–water partition coefficient (Wildman–Crippen LogP) is 2.47. The second-order valence-electron chi connectivity index (χ2n) is 5.67. The fourth-order valence-electron chi connectivity index (χ4n) is 2.54. The Labute approximate surface area is 119 Å². The highest BCUT2D eigenvalue weighted by molar-refractivity contribution is 5.96. The topological polar surface area (TPSA) is 58.2 Å². The molecule has 1 fully saturated rings. The minimum Gasteiger partial charge on any atom is -0.347 e. The number of carbonyl (C=O) groups is 2. The summed E-state index contributed by atoms with van der Waals surface area (Å²) in [5, 5.41) is 5.59. The molecule has 20 heavy (non-hydrogen) atoms. The Morgan fingerprint density at radius 1 is 1.15 bits per heavy atom. The quantitative estimate of drug-likeness (QED) is 0.886. The van der Waals surface area contributed by atoms with Gasteiger partial charge in [0.05, 0.1) is 6.54 Å². The third kappa shape index (κ3) is 3.38. The summed E-state index contributed by atoms with van der Waals surface area (Å²) >= 11 is 0. The molecule has 0 saturated heterocycles. The molecule has 4 heteroatoms. The van der Waals surface area contributed by atoms with Gasteiger partial charge in [0, 0.05) is 11.6 Å². The van der Waals surface area contributed by atoms with Gasteiger partial charge in [-0.15, -0.1) is 0 Å². The summed E-state index contributed by atoms with van der Waals surface area (Å²) in [7, 11) is 0. The lowest BCUT2D eigenvalue weighted by atomic mass is 9.85. The molecule has 0 atom stereocenters. The van der Waals surface area contributed by atoms with E-state index < -0.39 is 0 Å². The van der Waals surface area contributed by atoms with Crippen molar-refractivity contribution in [2.24, 2.45) is 5.92 Å². The Bertz CT molecular complexity index is 510. The maximum absolute atomic E-state index is 11.9. The number of nitrogens with one attached hydrogen (secondary N) is 2. The largest absolute Gasteiger partial charge is 0.347 e. The van der Waals surface area contributed by atoms with E-state index in [2.05, 4.69) is 10.6 Å². The number of hydrogen-bond acceptors (Lipinski definition) is 2. The van der Waals surface area contributed by atoms with Crippen molar-refractivity contribution in [3.63, 3.8) is 0 Å². The molecule has 0 aromatic heterocycles. The number of hydrogen-bond donors (Lipinski definition) is 2. The fraction of sp³-hybridized carbons (Fsp3) is 0.500. The number of aryl methyl sites for hydroxylation is 3. The van der Waals surface area contributed by atoms with Gasteiger partial charge in [-0.2, -0.15) is 0 Å². The molecule has 2 N–H and O–H groups in total. The second kappa shape index (κ2) is 6.07. The second-order valence-corrected chi connectivity index (χ2v) is 5.67. The summed E-state index contributed by atoms with van der Waals surface area (Å²) in [5.41, 5.74) is 4.11. The number of amides is 2. The van der Waals surface area contributed by atoms with Crippen LogP contribution < -0.4 is 10.6 Å². The van der Waals surface area contributed by atoms with Crippen LogP contribution in [0.5, 0.6) is 0 Å². The van der Waals surface area contributed by atoms with Crippen LogP contribution >= 0.6 is 0 Å². The van der Waals surface area contributed by atoms with Gasteiger partial charge in [0.2, 0.25) is 11.8 Å². The molecule has 1 aromatic rings. The third-order valence-corrected chi connectivity index (χ3v) is 3.84. The molecular formula is C16H22N2O2. The number of carbonyl (C=O) groups excluding carboxylic acids is 2. The Balaban J connectivity index is 1.89. The van der Waals surface area contributed by atoms with Crippen LogP contribution in [-0.2, 0) is 9.59 Å². The summed E-state index contributed by atoms with van der Waals surface area (Å²) in [6, 6.07) is 4.07. The molecule has 0 heterocycles. The van der Waals surface area contributed by atoms with E-state index in [1.54, 1.807) is 0 Å². The van der Waals surface area contributed by atoms with Crippen LogP contribution in [0, 0.1) is 26.7 Å². The minimum atomic E-state index is -0.173. The van der Waals surface area contributed by atoms with Gasteiger partial charge in [0.1, 0.15) is 0 Å². The first-order chi connectivity index (χ1) is 9.47. The summed E-state index contributed by atoms with van der Waals surface area (Å²) in [4.78, 5) is 23.6. The maximum Gasteiger partial charge on any atom is 0.243 e. The molecule has 0 unspecified atom stereocenters. The number of rotatable bonds is 4. The Kier molecular flexibility index (Phi) is 4.42. The molecule has 0 bridgehead atoms. The predicted molar refractivity (Wildman–Crippen MR) is 79.6 cm³/mol. The van der Waals surface area contributed by atoms with Crippen molar-refractivity contribution in [2.75, 3.05) is 11.9 Å². The lowest BCUT2D eigenvalue weighted by molar-refractivity contribution is -0.129. The first-order valence-corrected chi connectivity index (χ1v) is 7.13. The molecule has 0 radical (unpaired) electrons. The lowest BCUT2D eigenvalue weighted by Crippen LogP contribution is -2.39. The van der Waals surface area contributed by atoms with E-state index >= 15 is 0 Å². The van der Waals surface area contributed by atoms with E-state index in [0.29, 0.717) is 0 Å². The van der Waals surface area contributed by atoms with E-state index in [-0.39, 0.29) is 24.3 Å². The first-order valence-electron chi connectivity index (χ1n) is 7.13. The van der Waals surface area contributed by atoms with Gasteiger partial charge in [-0.25, -0.2) is 0 Å². The zero-order chi connectivity index (χ0) is 14.7. The summed E-state index contributed by atoms with van der Waals surface area (Å²) in [6.07, 6.45) is 3.01. The average Bonchev–Trinajstić information content (AvgIpc) is 2.29. The van der Waals surface area contributed by atoms with Gasteiger partial charge in [-0.05, 0) is 44.7 Å². The molecule has 0 aliphatic heterocycles. The van der Waals surface area contributed by atoms with Gasteiger partial charge in [-0.1, -0.05) is 24.1 Å². The van der Waals surface area contributed by atoms with E-state index in [1.165, 1.54) is 5.56 Å². The monoisotopic (exact) mass is 274 g/mol. The fourth-order valence-corrected chi connectivity index (χ4v) is 2.54. The highest BCUT2D eigenvalue weighted by atomic mass is 16.2. The van der Waals surface area contributed by atoms with Gasteiger partial charge < -0.3 is 10.6 Å². The van der Waals surface area contributed by atoms with Gasteiger partial charge >= 0.3 is 0 Å². The van der Waals surface area contributed by atoms with Gasteiger partial charge in [0.25, 0.3) is 0 Å².